The monoisotopic (exact) mass is 541 g/mol. The summed E-state index contributed by atoms with van der Waals surface area (Å²) in [7, 11) is 3.08. The second-order valence-corrected chi connectivity index (χ2v) is 9.65. The number of aliphatic hydroxyl groups excluding tert-OH is 1. The number of H-pyrrole nitrogens is 1. The second-order valence-electron chi connectivity index (χ2n) is 9.65. The van der Waals surface area contributed by atoms with Crippen LogP contribution in [0.1, 0.15) is 52.9 Å². The molecule has 1 amide bonds. The molecule has 10 nitrogen and oxygen atoms in total. The third-order valence-electron chi connectivity index (χ3n) is 6.95. The molecule has 1 atom stereocenters. The van der Waals surface area contributed by atoms with Crippen LogP contribution in [-0.4, -0.2) is 52.1 Å². The van der Waals surface area contributed by atoms with Crippen molar-refractivity contribution in [3.63, 3.8) is 0 Å². The Morgan fingerprint density at radius 3 is 2.27 bits per heavy atom. The van der Waals surface area contributed by atoms with Gasteiger partial charge in [-0.25, -0.2) is 9.78 Å². The zero-order chi connectivity index (χ0) is 28.7. The van der Waals surface area contributed by atoms with Crippen LogP contribution in [0.5, 0.6) is 11.5 Å². The number of hydrogen-bond acceptors (Lipinski definition) is 7. The van der Waals surface area contributed by atoms with Crippen LogP contribution >= 0.6 is 0 Å². The van der Waals surface area contributed by atoms with Crippen molar-refractivity contribution in [2.45, 2.75) is 25.8 Å². The number of ether oxygens (including phenoxy) is 2. The number of carboxylic acids is 1. The summed E-state index contributed by atoms with van der Waals surface area (Å²) < 4.78 is 10.7. The summed E-state index contributed by atoms with van der Waals surface area (Å²) in [6.45, 7) is 3.96. The molecule has 1 fully saturated rings. The summed E-state index contributed by atoms with van der Waals surface area (Å²) >= 11 is 0. The van der Waals surface area contributed by atoms with Gasteiger partial charge in [0.15, 0.2) is 0 Å². The van der Waals surface area contributed by atoms with Gasteiger partial charge in [-0.3, -0.25) is 14.5 Å². The molecular weight excluding hydrogens is 514 g/mol. The van der Waals surface area contributed by atoms with E-state index in [-0.39, 0.29) is 28.8 Å². The molecule has 0 bridgehead atoms. The Labute approximate surface area is 229 Å². The first-order valence-electron chi connectivity index (χ1n) is 12.5. The standard InChI is InChI=1S/C30H27N3O7/c1-15(2)20-13-17(8-12-23(20)40-4)26(34)24-25(16-5-9-19(39-3)10-6-16)33(28(36)27(24)35)30-31-21-11-7-18(29(37)38)14-22(21)32-30/h5-15,25,34H,1-4H3,(H,31,32)(H,37,38)/b26-24+. The first-order chi connectivity index (χ1) is 19.1. The molecule has 1 saturated heterocycles. The van der Waals surface area contributed by atoms with Crippen LogP contribution in [0.3, 0.4) is 0 Å². The van der Waals surface area contributed by atoms with Crippen LogP contribution in [0.15, 0.2) is 66.2 Å². The number of amides is 1. The molecule has 0 spiro atoms. The number of methoxy groups -OCH3 is 2. The van der Waals surface area contributed by atoms with E-state index in [9.17, 15) is 24.6 Å². The molecule has 5 rings (SSSR count). The van der Waals surface area contributed by atoms with E-state index in [1.165, 1.54) is 30.2 Å². The number of anilines is 1. The predicted octanol–water partition coefficient (Wildman–Crippen LogP) is 5.03. The number of imidazole rings is 1. The zero-order valence-electron chi connectivity index (χ0n) is 22.3. The minimum atomic E-state index is -1.11. The van der Waals surface area contributed by atoms with Crippen molar-refractivity contribution in [1.82, 2.24) is 9.97 Å². The fraction of sp³-hybridized carbons (Fsp3) is 0.200. The Morgan fingerprint density at radius 2 is 1.65 bits per heavy atom. The number of aromatic nitrogens is 2. The van der Waals surface area contributed by atoms with Crippen LogP contribution in [0.4, 0.5) is 5.95 Å². The quantitative estimate of drug-likeness (QED) is 0.168. The minimum absolute atomic E-state index is 0.0388. The van der Waals surface area contributed by atoms with Crippen molar-refractivity contribution >= 4 is 40.4 Å². The van der Waals surface area contributed by atoms with Crippen molar-refractivity contribution in [2.24, 2.45) is 0 Å². The van der Waals surface area contributed by atoms with Gasteiger partial charge >= 0.3 is 11.9 Å². The molecule has 3 aromatic carbocycles. The average Bonchev–Trinajstić information content (AvgIpc) is 3.49. The zero-order valence-corrected chi connectivity index (χ0v) is 22.3. The maximum Gasteiger partial charge on any atom is 0.335 e. The highest BCUT2D eigenvalue weighted by Gasteiger charge is 2.48. The number of aromatic amines is 1. The number of fused-ring (bicyclic) bond motifs is 1. The first kappa shape index (κ1) is 26.5. The Hall–Kier alpha value is -5.12. The number of carbonyl (C=O) groups is 3. The van der Waals surface area contributed by atoms with Crippen molar-refractivity contribution in [1.29, 1.82) is 0 Å². The van der Waals surface area contributed by atoms with Crippen LogP contribution in [-0.2, 0) is 9.59 Å². The number of carbonyl (C=O) groups excluding carboxylic acids is 2. The van der Waals surface area contributed by atoms with Crippen molar-refractivity contribution in [2.75, 3.05) is 19.1 Å². The smallest absolute Gasteiger partial charge is 0.335 e. The van der Waals surface area contributed by atoms with Gasteiger partial charge in [-0.1, -0.05) is 26.0 Å². The van der Waals surface area contributed by atoms with Crippen LogP contribution < -0.4 is 14.4 Å². The Morgan fingerprint density at radius 1 is 0.950 bits per heavy atom. The first-order valence-corrected chi connectivity index (χ1v) is 12.5. The van der Waals surface area contributed by atoms with Crippen LogP contribution in [0, 0.1) is 0 Å². The molecule has 2 heterocycles. The lowest BCUT2D eigenvalue weighted by molar-refractivity contribution is -0.132. The van der Waals surface area contributed by atoms with Gasteiger partial charge < -0.3 is 24.7 Å². The number of aliphatic hydroxyl groups is 1. The normalized spacial score (nSPS) is 16.6. The fourth-order valence-corrected chi connectivity index (χ4v) is 4.88. The predicted molar refractivity (Wildman–Crippen MR) is 148 cm³/mol. The van der Waals surface area contributed by atoms with Crippen molar-refractivity contribution < 1.29 is 34.1 Å². The number of rotatable bonds is 7. The Bertz CT molecular complexity index is 1690. The molecule has 0 radical (unpaired) electrons. The van der Waals surface area contributed by atoms with E-state index in [4.69, 9.17) is 9.47 Å². The number of benzene rings is 3. The Balaban J connectivity index is 1.71. The number of nitrogens with zero attached hydrogens (tertiary/aromatic N) is 2. The summed E-state index contributed by atoms with van der Waals surface area (Å²) in [5, 5.41) is 20.9. The molecule has 4 aromatic rings. The minimum Gasteiger partial charge on any atom is -0.507 e. The van der Waals surface area contributed by atoms with Crippen molar-refractivity contribution in [3.8, 4) is 11.5 Å². The van der Waals surface area contributed by atoms with E-state index in [1.807, 2.05) is 13.8 Å². The number of Topliss-reactive ketones (excluding diaryl/α,β-unsaturated/α-hetero) is 1. The SMILES string of the molecule is COc1ccc(C2/C(=C(\O)c3ccc(OC)c(C(C)C)c3)C(=O)C(=O)N2c2nc3ccc(C(=O)O)cc3[nH]2)cc1. The number of nitrogens with one attached hydrogen (secondary N) is 1. The second kappa shape index (κ2) is 10.2. The van der Waals surface area contributed by atoms with Crippen LogP contribution in [0.2, 0.25) is 0 Å². The molecular formula is C30H27N3O7. The Kier molecular flexibility index (Phi) is 6.76. The molecule has 0 saturated carbocycles. The maximum atomic E-state index is 13.5. The lowest BCUT2D eigenvalue weighted by Gasteiger charge is -2.23. The molecule has 204 valence electrons. The van der Waals surface area contributed by atoms with Gasteiger partial charge in [0.25, 0.3) is 5.78 Å². The molecule has 1 aliphatic rings. The fourth-order valence-electron chi connectivity index (χ4n) is 4.88. The molecule has 3 N–H and O–H groups in total. The largest absolute Gasteiger partial charge is 0.507 e. The van der Waals surface area contributed by atoms with Gasteiger partial charge in [-0.05, 0) is 65.6 Å². The summed E-state index contributed by atoms with van der Waals surface area (Å²) in [5.41, 5.74) is 2.43. The number of hydrogen-bond donors (Lipinski definition) is 3. The molecule has 0 aliphatic carbocycles. The summed E-state index contributed by atoms with van der Waals surface area (Å²) in [5.74, 6) is -1.91. The van der Waals surface area contributed by atoms with E-state index in [2.05, 4.69) is 9.97 Å². The van der Waals surface area contributed by atoms with Gasteiger partial charge in [0.05, 0.1) is 42.4 Å². The van der Waals surface area contributed by atoms with Gasteiger partial charge in [-0.15, -0.1) is 0 Å². The lowest BCUT2D eigenvalue weighted by atomic mass is 9.93. The molecule has 1 aromatic heterocycles. The molecule has 10 heteroatoms. The van der Waals surface area contributed by atoms with Crippen LogP contribution in [0.25, 0.3) is 16.8 Å². The van der Waals surface area contributed by atoms with E-state index < -0.39 is 23.7 Å². The highest BCUT2D eigenvalue weighted by molar-refractivity contribution is 6.51. The van der Waals surface area contributed by atoms with Gasteiger partial charge in [0, 0.05) is 5.56 Å². The molecule has 1 aliphatic heterocycles. The third kappa shape index (κ3) is 4.43. The highest BCUT2D eigenvalue weighted by Crippen LogP contribution is 2.42. The number of ketones is 1. The van der Waals surface area contributed by atoms with Gasteiger partial charge in [0.1, 0.15) is 17.3 Å². The average molecular weight is 542 g/mol. The molecule has 40 heavy (non-hydrogen) atoms. The van der Waals surface area contributed by atoms with E-state index in [0.717, 1.165) is 5.56 Å². The summed E-state index contributed by atoms with van der Waals surface area (Å²) in [4.78, 5) is 47.1. The van der Waals surface area contributed by atoms with E-state index in [0.29, 0.717) is 33.7 Å². The molecule has 1 unspecified atom stereocenters. The van der Waals surface area contributed by atoms with Crippen molar-refractivity contribution in [3.05, 3.63) is 88.5 Å². The highest BCUT2D eigenvalue weighted by atomic mass is 16.5. The summed E-state index contributed by atoms with van der Waals surface area (Å²) in [6.07, 6.45) is 0. The lowest BCUT2D eigenvalue weighted by Crippen LogP contribution is -2.30. The number of aromatic carboxylic acids is 1. The maximum absolute atomic E-state index is 13.5. The topological polar surface area (TPSA) is 142 Å². The summed E-state index contributed by atoms with van der Waals surface area (Å²) in [6, 6.07) is 15.2. The van der Waals surface area contributed by atoms with E-state index >= 15 is 0 Å². The number of carboxylic acid groups (broad SMARTS) is 1. The van der Waals surface area contributed by atoms with E-state index in [1.54, 1.807) is 49.6 Å². The van der Waals surface area contributed by atoms with Gasteiger partial charge in [-0.2, -0.15) is 0 Å². The van der Waals surface area contributed by atoms with Gasteiger partial charge in [0.2, 0.25) is 5.95 Å². The third-order valence-corrected chi connectivity index (χ3v) is 6.95.